The van der Waals surface area contributed by atoms with Gasteiger partial charge in [0.05, 0.1) is 6.54 Å². The summed E-state index contributed by atoms with van der Waals surface area (Å²) in [6.45, 7) is 7.27. The minimum Gasteiger partial charge on any atom is -0.488 e. The van der Waals surface area contributed by atoms with Gasteiger partial charge >= 0.3 is 12.1 Å². The molecular weight excluding hydrogens is 353 g/mol. The van der Waals surface area contributed by atoms with Gasteiger partial charge in [-0.15, -0.1) is 0 Å². The van der Waals surface area contributed by atoms with E-state index in [0.717, 1.165) is 0 Å². The van der Waals surface area contributed by atoms with E-state index in [4.69, 9.17) is 9.47 Å². The predicted octanol–water partition coefficient (Wildman–Crippen LogP) is 4.36. The fourth-order valence-corrected chi connectivity index (χ4v) is 2.49. The van der Waals surface area contributed by atoms with Crippen LogP contribution in [0.1, 0.15) is 44.5 Å². The molecule has 0 aromatic heterocycles. The van der Waals surface area contributed by atoms with E-state index in [2.05, 4.69) is 5.32 Å². The largest absolute Gasteiger partial charge is 0.488 e. The first-order valence-electron chi connectivity index (χ1n) is 8.69. The first-order chi connectivity index (χ1) is 12.6. The number of carbonyl (C=O) groups is 2. The third kappa shape index (κ3) is 5.57. The molecule has 0 saturated carbocycles. The molecule has 27 heavy (non-hydrogen) atoms. The Labute approximate surface area is 157 Å². The van der Waals surface area contributed by atoms with Gasteiger partial charge in [0.2, 0.25) is 0 Å². The molecule has 0 heterocycles. The van der Waals surface area contributed by atoms with Crippen LogP contribution in [0.25, 0.3) is 10.8 Å². The lowest BCUT2D eigenvalue weighted by Gasteiger charge is -2.23. The summed E-state index contributed by atoms with van der Waals surface area (Å²) in [5.41, 5.74) is -0.755. The van der Waals surface area contributed by atoms with Crippen LogP contribution in [0, 0.1) is 5.82 Å². The third-order valence-electron chi connectivity index (χ3n) is 3.78. The van der Waals surface area contributed by atoms with Gasteiger partial charge < -0.3 is 19.9 Å². The maximum absolute atomic E-state index is 13.9. The molecular formula is C20H24FNO5. The van der Waals surface area contributed by atoms with E-state index >= 15 is 0 Å². The highest BCUT2D eigenvalue weighted by Crippen LogP contribution is 2.29. The Hall–Kier alpha value is -2.83. The van der Waals surface area contributed by atoms with Gasteiger partial charge in [-0.3, -0.25) is 0 Å². The summed E-state index contributed by atoms with van der Waals surface area (Å²) in [6, 6.07) is 7.25. The van der Waals surface area contributed by atoms with Crippen LogP contribution in [0.5, 0.6) is 5.75 Å². The average molecular weight is 377 g/mol. The van der Waals surface area contributed by atoms with Crippen LogP contribution in [0.4, 0.5) is 9.18 Å². The molecule has 0 radical (unpaired) electrons. The molecule has 7 heteroatoms. The number of hydrogen-bond donors (Lipinski definition) is 2. The lowest BCUT2D eigenvalue weighted by molar-refractivity contribution is 0.0496. The van der Waals surface area contributed by atoms with E-state index in [1.807, 2.05) is 6.92 Å². The van der Waals surface area contributed by atoms with Gasteiger partial charge in [-0.1, -0.05) is 19.1 Å². The predicted molar refractivity (Wildman–Crippen MR) is 99.8 cm³/mol. The number of rotatable bonds is 6. The van der Waals surface area contributed by atoms with Gasteiger partial charge in [0.1, 0.15) is 28.8 Å². The summed E-state index contributed by atoms with van der Waals surface area (Å²) in [5, 5.41) is 12.8. The summed E-state index contributed by atoms with van der Waals surface area (Å²) in [7, 11) is 0. The van der Waals surface area contributed by atoms with Crippen LogP contribution >= 0.6 is 0 Å². The second-order valence-corrected chi connectivity index (χ2v) is 7.15. The number of aromatic carboxylic acids is 1. The average Bonchev–Trinajstić information content (AvgIpc) is 2.56. The molecule has 0 aliphatic heterocycles. The van der Waals surface area contributed by atoms with Gasteiger partial charge in [0.25, 0.3) is 0 Å². The summed E-state index contributed by atoms with van der Waals surface area (Å²) in [4.78, 5) is 23.4. The van der Waals surface area contributed by atoms with Crippen molar-refractivity contribution in [1.29, 1.82) is 0 Å². The summed E-state index contributed by atoms with van der Waals surface area (Å²) >= 11 is 0. The third-order valence-corrected chi connectivity index (χ3v) is 3.78. The number of fused-ring (bicyclic) bond motifs is 1. The monoisotopic (exact) mass is 377 g/mol. The molecule has 0 bridgehead atoms. The SMILES string of the molecule is CC[C@H](CNC(=O)OC(C)(C)C)Oc1cc2cccc(F)c2cc1C(=O)O. The molecule has 0 saturated heterocycles. The summed E-state index contributed by atoms with van der Waals surface area (Å²) < 4.78 is 24.9. The van der Waals surface area contributed by atoms with E-state index in [0.29, 0.717) is 11.8 Å². The van der Waals surface area contributed by atoms with E-state index < -0.39 is 29.6 Å². The minimum absolute atomic E-state index is 0.124. The fraction of sp³-hybridized carbons (Fsp3) is 0.400. The zero-order valence-electron chi connectivity index (χ0n) is 15.8. The normalized spacial score (nSPS) is 12.5. The van der Waals surface area contributed by atoms with Crippen molar-refractivity contribution in [2.45, 2.75) is 45.8 Å². The van der Waals surface area contributed by atoms with E-state index in [9.17, 15) is 19.1 Å². The second-order valence-electron chi connectivity index (χ2n) is 7.15. The van der Waals surface area contributed by atoms with Crippen molar-refractivity contribution in [3.63, 3.8) is 0 Å². The zero-order chi connectivity index (χ0) is 20.2. The number of halogens is 1. The van der Waals surface area contributed by atoms with Crippen molar-refractivity contribution in [2.75, 3.05) is 6.54 Å². The molecule has 0 aliphatic carbocycles. The number of amides is 1. The van der Waals surface area contributed by atoms with E-state index in [1.54, 1.807) is 32.9 Å². The number of nitrogens with one attached hydrogen (secondary N) is 1. The highest BCUT2D eigenvalue weighted by molar-refractivity contribution is 5.97. The molecule has 6 nitrogen and oxygen atoms in total. The maximum Gasteiger partial charge on any atom is 0.407 e. The number of ether oxygens (including phenoxy) is 2. The Morgan fingerprint density at radius 3 is 2.56 bits per heavy atom. The quantitative estimate of drug-likeness (QED) is 0.781. The van der Waals surface area contributed by atoms with Gasteiger partial charge in [-0.25, -0.2) is 14.0 Å². The highest BCUT2D eigenvalue weighted by Gasteiger charge is 2.20. The van der Waals surface area contributed by atoms with Gasteiger partial charge in [-0.2, -0.15) is 0 Å². The second kappa shape index (κ2) is 8.24. The van der Waals surface area contributed by atoms with Gasteiger partial charge in [0.15, 0.2) is 0 Å². The number of carboxylic acid groups (broad SMARTS) is 1. The van der Waals surface area contributed by atoms with Crippen molar-refractivity contribution in [3.8, 4) is 5.75 Å². The molecule has 2 aromatic carbocycles. The summed E-state index contributed by atoms with van der Waals surface area (Å²) in [6.07, 6.45) is -0.527. The Balaban J connectivity index is 2.20. The van der Waals surface area contributed by atoms with Crippen molar-refractivity contribution >= 4 is 22.8 Å². The Morgan fingerprint density at radius 1 is 1.26 bits per heavy atom. The van der Waals surface area contributed by atoms with Crippen molar-refractivity contribution in [3.05, 3.63) is 41.7 Å². The summed E-state index contributed by atoms with van der Waals surface area (Å²) in [5.74, 6) is -1.59. The minimum atomic E-state index is -1.22. The maximum atomic E-state index is 13.9. The van der Waals surface area contributed by atoms with Crippen LogP contribution in [0.15, 0.2) is 30.3 Å². The van der Waals surface area contributed by atoms with Crippen molar-refractivity contribution in [2.24, 2.45) is 0 Å². The molecule has 2 N–H and O–H groups in total. The lowest BCUT2D eigenvalue weighted by atomic mass is 10.1. The molecule has 2 rings (SSSR count). The molecule has 0 spiro atoms. The number of carbonyl (C=O) groups excluding carboxylic acids is 1. The van der Waals surface area contributed by atoms with Gasteiger partial charge in [-0.05, 0) is 50.8 Å². The molecule has 146 valence electrons. The number of benzene rings is 2. The standard InChI is InChI=1S/C20H24FNO5/c1-5-13(11-22-19(25)27-20(2,3)4)26-17-9-12-7-6-8-16(21)14(12)10-15(17)18(23)24/h6-10,13H,5,11H2,1-4H3,(H,22,25)(H,23,24)/t13-/m1/s1. The van der Waals surface area contributed by atoms with E-state index in [-0.39, 0.29) is 23.2 Å². The van der Waals surface area contributed by atoms with Crippen LogP contribution in [-0.4, -0.2) is 35.4 Å². The number of carboxylic acids is 1. The molecule has 0 unspecified atom stereocenters. The highest BCUT2D eigenvalue weighted by atomic mass is 19.1. The first-order valence-corrected chi connectivity index (χ1v) is 8.69. The fourth-order valence-electron chi connectivity index (χ4n) is 2.49. The lowest BCUT2D eigenvalue weighted by Crippen LogP contribution is -2.38. The van der Waals surface area contributed by atoms with Crippen molar-refractivity contribution in [1.82, 2.24) is 5.32 Å². The molecule has 0 aliphatic rings. The molecule has 0 fully saturated rings. The Morgan fingerprint density at radius 2 is 1.96 bits per heavy atom. The topological polar surface area (TPSA) is 84.9 Å². The Bertz CT molecular complexity index is 844. The van der Waals surface area contributed by atoms with Crippen LogP contribution in [0.3, 0.4) is 0 Å². The number of alkyl carbamates (subject to hydrolysis) is 1. The van der Waals surface area contributed by atoms with Gasteiger partial charge in [0, 0.05) is 5.39 Å². The zero-order valence-corrected chi connectivity index (χ0v) is 15.8. The smallest absolute Gasteiger partial charge is 0.407 e. The van der Waals surface area contributed by atoms with Crippen LogP contribution < -0.4 is 10.1 Å². The van der Waals surface area contributed by atoms with E-state index in [1.165, 1.54) is 18.2 Å². The van der Waals surface area contributed by atoms with Crippen LogP contribution in [0.2, 0.25) is 0 Å². The number of hydrogen-bond acceptors (Lipinski definition) is 4. The Kier molecular flexibility index (Phi) is 6.25. The molecule has 2 aromatic rings. The molecule has 1 amide bonds. The van der Waals surface area contributed by atoms with Crippen LogP contribution in [-0.2, 0) is 4.74 Å². The first kappa shape index (κ1) is 20.5. The molecule has 1 atom stereocenters. The van der Waals surface area contributed by atoms with Crippen molar-refractivity contribution < 1.29 is 28.6 Å².